The van der Waals surface area contributed by atoms with Crippen LogP contribution < -0.4 is 10.2 Å². The molecule has 5 rings (SSSR count). The van der Waals surface area contributed by atoms with Crippen molar-refractivity contribution in [3.8, 4) is 28.1 Å². The highest BCUT2D eigenvalue weighted by atomic mass is 19.4. The van der Waals surface area contributed by atoms with E-state index < -0.39 is 17.7 Å². The van der Waals surface area contributed by atoms with Gasteiger partial charge in [0.25, 0.3) is 0 Å². The van der Waals surface area contributed by atoms with Crippen molar-refractivity contribution in [3.05, 3.63) is 84.1 Å². The summed E-state index contributed by atoms with van der Waals surface area (Å²) in [4.78, 5) is 14.7. The molecule has 0 saturated carbocycles. The van der Waals surface area contributed by atoms with E-state index in [2.05, 4.69) is 32.7 Å². The zero-order chi connectivity index (χ0) is 26.0. The number of halogens is 3. The Bertz CT molecular complexity index is 1390. The number of carbonyl (C=O) groups is 1. The van der Waals surface area contributed by atoms with Gasteiger partial charge in [-0.3, -0.25) is 0 Å². The Morgan fingerprint density at radius 3 is 2.22 bits per heavy atom. The molecule has 2 heterocycles. The standard InChI is InChI=1S/C27H24F3N5O2/c1-37-26(36)21-14-20(18-4-8-23(9-5-18)34-12-10-31-11-13-34)15-24(16-21)35-17-25(32-33-35)19-2-6-22(7-3-19)27(28,29)30/h2-9,14-17,31H,10-13H2,1H3. The Morgan fingerprint density at radius 2 is 1.57 bits per heavy atom. The number of nitrogens with zero attached hydrogens (tertiary/aromatic N) is 4. The average molecular weight is 508 g/mol. The first-order valence-corrected chi connectivity index (χ1v) is 11.7. The van der Waals surface area contributed by atoms with Crippen LogP contribution in [0.1, 0.15) is 15.9 Å². The summed E-state index contributed by atoms with van der Waals surface area (Å²) in [5.41, 5.74) is 3.90. The summed E-state index contributed by atoms with van der Waals surface area (Å²) in [6.45, 7) is 3.76. The summed E-state index contributed by atoms with van der Waals surface area (Å²) in [7, 11) is 1.31. The third-order valence-corrected chi connectivity index (χ3v) is 6.29. The molecule has 0 radical (unpaired) electrons. The van der Waals surface area contributed by atoms with Crippen LogP contribution in [-0.4, -0.2) is 54.3 Å². The van der Waals surface area contributed by atoms with Crippen LogP contribution in [-0.2, 0) is 10.9 Å². The fourth-order valence-electron chi connectivity index (χ4n) is 4.29. The van der Waals surface area contributed by atoms with Crippen LogP contribution in [0.5, 0.6) is 0 Å². The topological polar surface area (TPSA) is 72.3 Å². The number of carbonyl (C=O) groups excluding carboxylic acids is 1. The van der Waals surface area contributed by atoms with Crippen LogP contribution in [0.4, 0.5) is 18.9 Å². The first-order valence-electron chi connectivity index (χ1n) is 11.7. The molecule has 7 nitrogen and oxygen atoms in total. The first kappa shape index (κ1) is 24.5. The quantitative estimate of drug-likeness (QED) is 0.391. The Balaban J connectivity index is 1.47. The molecule has 1 aliphatic heterocycles. The van der Waals surface area contributed by atoms with Crippen LogP contribution in [0.3, 0.4) is 0 Å². The van der Waals surface area contributed by atoms with Crippen molar-refractivity contribution in [1.82, 2.24) is 20.3 Å². The maximum absolute atomic E-state index is 12.9. The number of aromatic nitrogens is 3. The number of hydrogen-bond acceptors (Lipinski definition) is 6. The number of methoxy groups -OCH3 is 1. The van der Waals surface area contributed by atoms with Gasteiger partial charge in [-0.05, 0) is 53.6 Å². The van der Waals surface area contributed by atoms with Crippen LogP contribution in [0.2, 0.25) is 0 Å². The monoisotopic (exact) mass is 507 g/mol. The van der Waals surface area contributed by atoms with E-state index in [0.717, 1.165) is 55.1 Å². The van der Waals surface area contributed by atoms with Gasteiger partial charge >= 0.3 is 12.1 Å². The minimum Gasteiger partial charge on any atom is -0.465 e. The molecule has 0 unspecified atom stereocenters. The second-order valence-corrected chi connectivity index (χ2v) is 8.67. The van der Waals surface area contributed by atoms with Gasteiger partial charge in [0.2, 0.25) is 0 Å². The van der Waals surface area contributed by atoms with E-state index in [1.54, 1.807) is 18.3 Å². The molecule has 1 fully saturated rings. The highest BCUT2D eigenvalue weighted by Gasteiger charge is 2.30. The van der Waals surface area contributed by atoms with Crippen molar-refractivity contribution < 1.29 is 22.7 Å². The van der Waals surface area contributed by atoms with Gasteiger partial charge in [0, 0.05) is 37.4 Å². The number of benzene rings is 3. The number of ether oxygens (including phenoxy) is 1. The molecule has 1 aliphatic rings. The van der Waals surface area contributed by atoms with Crippen molar-refractivity contribution in [2.75, 3.05) is 38.2 Å². The minimum atomic E-state index is -4.41. The SMILES string of the molecule is COC(=O)c1cc(-c2ccc(N3CCNCC3)cc2)cc(-n2cc(-c3ccc(C(F)(F)F)cc3)nn2)c1. The van der Waals surface area contributed by atoms with Gasteiger partial charge in [0.05, 0.1) is 30.1 Å². The molecule has 190 valence electrons. The van der Waals surface area contributed by atoms with E-state index in [1.807, 2.05) is 18.2 Å². The van der Waals surface area contributed by atoms with Crippen LogP contribution in [0.25, 0.3) is 28.1 Å². The first-order chi connectivity index (χ1) is 17.8. The van der Waals surface area contributed by atoms with E-state index in [-0.39, 0.29) is 0 Å². The van der Waals surface area contributed by atoms with Crippen molar-refractivity contribution in [2.45, 2.75) is 6.18 Å². The Morgan fingerprint density at radius 1 is 0.892 bits per heavy atom. The van der Waals surface area contributed by atoms with Gasteiger partial charge in [-0.1, -0.05) is 29.5 Å². The van der Waals surface area contributed by atoms with E-state index >= 15 is 0 Å². The maximum Gasteiger partial charge on any atom is 0.416 e. The molecule has 1 saturated heterocycles. The van der Waals surface area contributed by atoms with E-state index in [1.165, 1.54) is 23.9 Å². The van der Waals surface area contributed by atoms with Crippen LogP contribution >= 0.6 is 0 Å². The molecule has 0 amide bonds. The number of hydrogen-bond donors (Lipinski definition) is 1. The lowest BCUT2D eigenvalue weighted by Crippen LogP contribution is -2.43. The fourth-order valence-corrected chi connectivity index (χ4v) is 4.29. The van der Waals surface area contributed by atoms with Gasteiger partial charge in [0.15, 0.2) is 0 Å². The number of alkyl halides is 3. The molecule has 37 heavy (non-hydrogen) atoms. The van der Waals surface area contributed by atoms with Gasteiger partial charge in [-0.2, -0.15) is 13.2 Å². The summed E-state index contributed by atoms with van der Waals surface area (Å²) >= 11 is 0. The second kappa shape index (κ2) is 10.1. The highest BCUT2D eigenvalue weighted by Crippen LogP contribution is 2.31. The summed E-state index contributed by atoms with van der Waals surface area (Å²) in [5, 5.41) is 11.6. The molecule has 0 spiro atoms. The summed E-state index contributed by atoms with van der Waals surface area (Å²) < 4.78 is 45.1. The smallest absolute Gasteiger partial charge is 0.416 e. The number of esters is 1. The molecule has 10 heteroatoms. The highest BCUT2D eigenvalue weighted by molar-refractivity contribution is 5.92. The molecule has 0 atom stereocenters. The van der Waals surface area contributed by atoms with E-state index in [0.29, 0.717) is 22.5 Å². The molecule has 1 aromatic heterocycles. The zero-order valence-electron chi connectivity index (χ0n) is 20.0. The lowest BCUT2D eigenvalue weighted by atomic mass is 10.0. The van der Waals surface area contributed by atoms with E-state index in [9.17, 15) is 18.0 Å². The largest absolute Gasteiger partial charge is 0.465 e. The molecule has 0 bridgehead atoms. The fraction of sp³-hybridized carbons (Fsp3) is 0.222. The number of anilines is 1. The Labute approximate surface area is 211 Å². The zero-order valence-corrected chi connectivity index (χ0v) is 20.0. The molecule has 1 N–H and O–H groups in total. The van der Waals surface area contributed by atoms with Crippen molar-refractivity contribution in [1.29, 1.82) is 0 Å². The van der Waals surface area contributed by atoms with Gasteiger partial charge in [0.1, 0.15) is 5.69 Å². The Kier molecular flexibility index (Phi) is 6.66. The number of piperazine rings is 1. The van der Waals surface area contributed by atoms with E-state index in [4.69, 9.17) is 4.74 Å². The van der Waals surface area contributed by atoms with Crippen LogP contribution in [0.15, 0.2) is 72.9 Å². The molecule has 0 aliphatic carbocycles. The molecular formula is C27H24F3N5O2. The molecule has 3 aromatic carbocycles. The lowest BCUT2D eigenvalue weighted by molar-refractivity contribution is -0.137. The van der Waals surface area contributed by atoms with Gasteiger partial charge in [-0.15, -0.1) is 5.10 Å². The summed E-state index contributed by atoms with van der Waals surface area (Å²) in [5.74, 6) is -0.497. The molecule has 4 aromatic rings. The average Bonchev–Trinajstić information content (AvgIpc) is 3.43. The lowest BCUT2D eigenvalue weighted by Gasteiger charge is -2.29. The van der Waals surface area contributed by atoms with Crippen molar-refractivity contribution in [2.24, 2.45) is 0 Å². The van der Waals surface area contributed by atoms with Crippen LogP contribution in [0, 0.1) is 0 Å². The summed E-state index contributed by atoms with van der Waals surface area (Å²) in [6, 6.07) is 18.1. The van der Waals surface area contributed by atoms with Gasteiger partial charge < -0.3 is 15.0 Å². The Hall–Kier alpha value is -4.18. The minimum absolute atomic E-state index is 0.341. The molecular weight excluding hydrogens is 483 g/mol. The third kappa shape index (κ3) is 5.34. The third-order valence-electron chi connectivity index (χ3n) is 6.29. The number of nitrogens with one attached hydrogen (secondary N) is 1. The van der Waals surface area contributed by atoms with Gasteiger partial charge in [-0.25, -0.2) is 9.48 Å². The van der Waals surface area contributed by atoms with Crippen molar-refractivity contribution in [3.63, 3.8) is 0 Å². The second-order valence-electron chi connectivity index (χ2n) is 8.67. The van der Waals surface area contributed by atoms with Crippen molar-refractivity contribution >= 4 is 11.7 Å². The normalized spacial score (nSPS) is 14.0. The number of rotatable bonds is 5. The summed E-state index contributed by atoms with van der Waals surface area (Å²) in [6.07, 6.45) is -2.81. The predicted octanol–water partition coefficient (Wildman–Crippen LogP) is 4.82. The predicted molar refractivity (Wildman–Crippen MR) is 134 cm³/mol. The maximum atomic E-state index is 12.9.